The molecule has 0 saturated heterocycles. The predicted molar refractivity (Wildman–Crippen MR) is 58.5 cm³/mol. The molecule has 0 radical (unpaired) electrons. The molecule has 2 N–H and O–H groups in total. The standard InChI is InChI=1S/C10H13F2NO2S/c1-6(2)16(14,15)5-7-3-4-8(11)10(13)9(7)12/h3-4,6H,5,13H2,1-2H3. The zero-order chi connectivity index (χ0) is 12.5. The second-order valence-electron chi connectivity index (χ2n) is 3.79. The van der Waals surface area contributed by atoms with Crippen LogP contribution >= 0.6 is 0 Å². The van der Waals surface area contributed by atoms with Crippen LogP contribution in [0.1, 0.15) is 19.4 Å². The van der Waals surface area contributed by atoms with Gasteiger partial charge in [0.05, 0.1) is 11.0 Å². The summed E-state index contributed by atoms with van der Waals surface area (Å²) >= 11 is 0. The average molecular weight is 249 g/mol. The SMILES string of the molecule is CC(C)S(=O)(=O)Cc1ccc(F)c(N)c1F. The molecule has 1 aromatic rings. The van der Waals surface area contributed by atoms with E-state index in [4.69, 9.17) is 5.73 Å². The number of sulfone groups is 1. The van der Waals surface area contributed by atoms with Gasteiger partial charge in [0, 0.05) is 5.56 Å². The van der Waals surface area contributed by atoms with Crippen LogP contribution in [0.4, 0.5) is 14.5 Å². The van der Waals surface area contributed by atoms with Crippen LogP contribution in [0.15, 0.2) is 12.1 Å². The van der Waals surface area contributed by atoms with Gasteiger partial charge >= 0.3 is 0 Å². The van der Waals surface area contributed by atoms with E-state index in [1.807, 2.05) is 0 Å². The Morgan fingerprint density at radius 1 is 1.31 bits per heavy atom. The van der Waals surface area contributed by atoms with Crippen LogP contribution < -0.4 is 5.73 Å². The normalized spacial score (nSPS) is 12.1. The fourth-order valence-corrected chi connectivity index (χ4v) is 2.10. The maximum Gasteiger partial charge on any atom is 0.156 e. The van der Waals surface area contributed by atoms with Crippen LogP contribution in [-0.4, -0.2) is 13.7 Å². The van der Waals surface area contributed by atoms with Crippen LogP contribution in [0, 0.1) is 11.6 Å². The van der Waals surface area contributed by atoms with E-state index in [1.165, 1.54) is 13.8 Å². The van der Waals surface area contributed by atoms with E-state index in [2.05, 4.69) is 0 Å². The molecule has 0 aliphatic carbocycles. The van der Waals surface area contributed by atoms with Gasteiger partial charge < -0.3 is 5.73 Å². The van der Waals surface area contributed by atoms with Gasteiger partial charge in [0.15, 0.2) is 15.7 Å². The van der Waals surface area contributed by atoms with Gasteiger partial charge in [-0.25, -0.2) is 17.2 Å². The molecule has 0 spiro atoms. The minimum absolute atomic E-state index is 0.104. The number of hydrogen-bond acceptors (Lipinski definition) is 3. The van der Waals surface area contributed by atoms with Crippen molar-refractivity contribution in [3.8, 4) is 0 Å². The smallest absolute Gasteiger partial charge is 0.156 e. The monoisotopic (exact) mass is 249 g/mol. The van der Waals surface area contributed by atoms with Gasteiger partial charge in [-0.1, -0.05) is 6.07 Å². The molecule has 0 aliphatic rings. The molecule has 6 heteroatoms. The Morgan fingerprint density at radius 2 is 1.88 bits per heavy atom. The van der Waals surface area contributed by atoms with E-state index in [1.54, 1.807) is 0 Å². The Hall–Kier alpha value is -1.17. The van der Waals surface area contributed by atoms with E-state index < -0.39 is 38.2 Å². The van der Waals surface area contributed by atoms with Crippen molar-refractivity contribution in [3.05, 3.63) is 29.3 Å². The lowest BCUT2D eigenvalue weighted by Gasteiger charge is -2.09. The first-order valence-corrected chi connectivity index (χ1v) is 6.41. The minimum Gasteiger partial charge on any atom is -0.394 e. The molecule has 0 aliphatic heterocycles. The third kappa shape index (κ3) is 2.49. The van der Waals surface area contributed by atoms with Gasteiger partial charge in [-0.05, 0) is 19.9 Å². The Morgan fingerprint density at radius 3 is 2.38 bits per heavy atom. The molecule has 16 heavy (non-hydrogen) atoms. The molecule has 0 unspecified atom stereocenters. The highest BCUT2D eigenvalue weighted by molar-refractivity contribution is 7.91. The van der Waals surface area contributed by atoms with Crippen LogP contribution in [0.3, 0.4) is 0 Å². The summed E-state index contributed by atoms with van der Waals surface area (Å²) in [5, 5.41) is -0.613. The lowest BCUT2D eigenvalue weighted by Crippen LogP contribution is -2.17. The van der Waals surface area contributed by atoms with Crippen molar-refractivity contribution in [1.82, 2.24) is 0 Å². The fraction of sp³-hybridized carbons (Fsp3) is 0.400. The summed E-state index contributed by atoms with van der Waals surface area (Å²) in [5.41, 5.74) is 4.39. The highest BCUT2D eigenvalue weighted by atomic mass is 32.2. The third-order valence-corrected chi connectivity index (χ3v) is 4.43. The number of benzene rings is 1. The summed E-state index contributed by atoms with van der Waals surface area (Å²) in [5.74, 6) is -2.35. The van der Waals surface area contributed by atoms with E-state index in [0.29, 0.717) is 0 Å². The van der Waals surface area contributed by atoms with Crippen LogP contribution in [0.25, 0.3) is 0 Å². The topological polar surface area (TPSA) is 60.2 Å². The molecule has 0 bridgehead atoms. The van der Waals surface area contributed by atoms with Crippen LogP contribution in [0.5, 0.6) is 0 Å². The van der Waals surface area contributed by atoms with E-state index >= 15 is 0 Å². The summed E-state index contributed by atoms with van der Waals surface area (Å²) < 4.78 is 49.4. The zero-order valence-electron chi connectivity index (χ0n) is 9.00. The highest BCUT2D eigenvalue weighted by Gasteiger charge is 2.20. The second kappa shape index (κ2) is 4.37. The number of halogens is 2. The molecule has 3 nitrogen and oxygen atoms in total. The van der Waals surface area contributed by atoms with Gasteiger partial charge in [0.2, 0.25) is 0 Å². The molecular formula is C10H13F2NO2S. The zero-order valence-corrected chi connectivity index (χ0v) is 9.81. The summed E-state index contributed by atoms with van der Waals surface area (Å²) in [6.45, 7) is 3.00. The molecule has 0 saturated carbocycles. The lowest BCUT2D eigenvalue weighted by atomic mass is 10.2. The molecule has 1 rings (SSSR count). The molecule has 1 aromatic carbocycles. The Kier molecular flexibility index (Phi) is 3.52. The van der Waals surface area contributed by atoms with Crippen molar-refractivity contribution in [2.24, 2.45) is 0 Å². The van der Waals surface area contributed by atoms with Crippen LogP contribution in [0.2, 0.25) is 0 Å². The summed E-state index contributed by atoms with van der Waals surface area (Å²) in [7, 11) is -3.42. The summed E-state index contributed by atoms with van der Waals surface area (Å²) in [6, 6.07) is 2.06. The van der Waals surface area contributed by atoms with Crippen molar-refractivity contribution < 1.29 is 17.2 Å². The number of nitrogen functional groups attached to an aromatic ring is 1. The quantitative estimate of drug-likeness (QED) is 0.832. The van der Waals surface area contributed by atoms with Crippen LogP contribution in [-0.2, 0) is 15.6 Å². The van der Waals surface area contributed by atoms with Gasteiger partial charge in [0.1, 0.15) is 11.5 Å². The van der Waals surface area contributed by atoms with Crippen molar-refractivity contribution in [3.63, 3.8) is 0 Å². The Balaban J connectivity index is 3.14. The summed E-state index contributed by atoms with van der Waals surface area (Å²) in [6.07, 6.45) is 0. The van der Waals surface area contributed by atoms with Gasteiger partial charge in [-0.2, -0.15) is 0 Å². The van der Waals surface area contributed by atoms with Crippen molar-refractivity contribution in [1.29, 1.82) is 0 Å². The molecule has 90 valence electrons. The van der Waals surface area contributed by atoms with E-state index in [0.717, 1.165) is 12.1 Å². The maximum absolute atomic E-state index is 13.4. The van der Waals surface area contributed by atoms with Gasteiger partial charge in [0.25, 0.3) is 0 Å². The fourth-order valence-electron chi connectivity index (χ4n) is 1.11. The third-order valence-electron chi connectivity index (χ3n) is 2.28. The average Bonchev–Trinajstić information content (AvgIpc) is 2.19. The van der Waals surface area contributed by atoms with Crippen molar-refractivity contribution >= 4 is 15.5 Å². The molecule has 0 amide bonds. The van der Waals surface area contributed by atoms with Gasteiger partial charge in [-0.3, -0.25) is 0 Å². The minimum atomic E-state index is -3.42. The lowest BCUT2D eigenvalue weighted by molar-refractivity contribution is 0.572. The molecule has 0 aromatic heterocycles. The number of rotatable bonds is 3. The molecule has 0 heterocycles. The first kappa shape index (κ1) is 12.9. The largest absolute Gasteiger partial charge is 0.394 e. The number of hydrogen-bond donors (Lipinski definition) is 1. The highest BCUT2D eigenvalue weighted by Crippen LogP contribution is 2.21. The van der Waals surface area contributed by atoms with E-state index in [-0.39, 0.29) is 5.56 Å². The molecular weight excluding hydrogens is 236 g/mol. The van der Waals surface area contributed by atoms with Crippen molar-refractivity contribution in [2.75, 3.05) is 5.73 Å². The molecule has 0 fully saturated rings. The predicted octanol–water partition coefficient (Wildman–Crippen LogP) is 1.87. The summed E-state index contributed by atoms with van der Waals surface area (Å²) in [4.78, 5) is 0. The Labute approximate surface area is 93.2 Å². The maximum atomic E-state index is 13.4. The number of nitrogens with two attached hydrogens (primary N) is 1. The second-order valence-corrected chi connectivity index (χ2v) is 6.35. The number of anilines is 1. The van der Waals surface area contributed by atoms with Crippen molar-refractivity contribution in [2.45, 2.75) is 24.9 Å². The van der Waals surface area contributed by atoms with Gasteiger partial charge in [-0.15, -0.1) is 0 Å². The van der Waals surface area contributed by atoms with E-state index in [9.17, 15) is 17.2 Å². The first-order valence-electron chi connectivity index (χ1n) is 4.69. The Bertz CT molecular complexity index is 498. The first-order chi connectivity index (χ1) is 7.25. The molecule has 0 atom stereocenters.